The summed E-state index contributed by atoms with van der Waals surface area (Å²) in [7, 11) is 1.72. The van der Waals surface area contributed by atoms with Crippen molar-refractivity contribution in [3.8, 4) is 39.1 Å². The van der Waals surface area contributed by atoms with Crippen LogP contribution in [0.3, 0.4) is 0 Å². The lowest BCUT2D eigenvalue weighted by atomic mass is 9.82. The fraction of sp³-hybridized carbons (Fsp3) is 0.143. The van der Waals surface area contributed by atoms with Gasteiger partial charge >= 0.3 is 0 Å². The van der Waals surface area contributed by atoms with Crippen molar-refractivity contribution in [3.05, 3.63) is 102 Å². The molecule has 4 aromatic rings. The van der Waals surface area contributed by atoms with Crippen LogP contribution in [0.15, 0.2) is 91.0 Å². The van der Waals surface area contributed by atoms with Gasteiger partial charge in [0.05, 0.1) is 7.11 Å². The molecule has 5 rings (SSSR count). The van der Waals surface area contributed by atoms with E-state index in [2.05, 4.69) is 98.8 Å². The number of benzene rings is 4. The third-order valence-electron chi connectivity index (χ3n) is 6.21. The Balaban J connectivity index is 1.74. The van der Waals surface area contributed by atoms with Crippen LogP contribution in [-0.4, -0.2) is 7.11 Å². The molecule has 1 heteroatoms. The van der Waals surface area contributed by atoms with Gasteiger partial charge in [0.15, 0.2) is 0 Å². The summed E-state index contributed by atoms with van der Waals surface area (Å²) in [5.74, 6) is 0.876. The Hall–Kier alpha value is -3.32. The smallest absolute Gasteiger partial charge is 0.119 e. The zero-order valence-corrected chi connectivity index (χ0v) is 17.1. The molecule has 0 bridgehead atoms. The van der Waals surface area contributed by atoms with Crippen molar-refractivity contribution in [1.29, 1.82) is 0 Å². The number of ether oxygens (including phenoxy) is 1. The Labute approximate surface area is 172 Å². The second-order valence-electron chi connectivity index (χ2n) is 8.21. The van der Waals surface area contributed by atoms with Crippen molar-refractivity contribution in [3.63, 3.8) is 0 Å². The third-order valence-corrected chi connectivity index (χ3v) is 6.21. The van der Waals surface area contributed by atoms with E-state index >= 15 is 0 Å². The molecular weight excluding hydrogens is 352 g/mol. The molecule has 0 atom stereocenters. The van der Waals surface area contributed by atoms with Crippen molar-refractivity contribution in [2.75, 3.05) is 7.11 Å². The standard InChI is InChI=1S/C28H24O/c1-28(2)26-12-8-7-11-23(26)25-17-20(13-16-27(25)28)24-18-21(29-3)14-15-22(24)19-9-5-4-6-10-19/h4-18H,1-3H3. The zero-order chi connectivity index (χ0) is 20.0. The normalized spacial score (nSPS) is 13.6. The van der Waals surface area contributed by atoms with Crippen LogP contribution >= 0.6 is 0 Å². The van der Waals surface area contributed by atoms with Gasteiger partial charge in [-0.2, -0.15) is 0 Å². The third kappa shape index (κ3) is 2.77. The van der Waals surface area contributed by atoms with Gasteiger partial charge in [-0.25, -0.2) is 0 Å². The summed E-state index contributed by atoms with van der Waals surface area (Å²) in [4.78, 5) is 0. The highest BCUT2D eigenvalue weighted by Gasteiger charge is 2.35. The van der Waals surface area contributed by atoms with Crippen molar-refractivity contribution in [2.45, 2.75) is 19.3 Å². The van der Waals surface area contributed by atoms with Crippen LogP contribution < -0.4 is 4.74 Å². The van der Waals surface area contributed by atoms with Crippen LogP contribution in [0, 0.1) is 0 Å². The van der Waals surface area contributed by atoms with Gasteiger partial charge in [0.2, 0.25) is 0 Å². The van der Waals surface area contributed by atoms with E-state index in [0.29, 0.717) is 0 Å². The molecule has 142 valence electrons. The van der Waals surface area contributed by atoms with E-state index in [9.17, 15) is 0 Å². The number of hydrogen-bond donors (Lipinski definition) is 0. The van der Waals surface area contributed by atoms with Crippen molar-refractivity contribution < 1.29 is 4.74 Å². The van der Waals surface area contributed by atoms with Gasteiger partial charge in [0.1, 0.15) is 5.75 Å². The quantitative estimate of drug-likeness (QED) is 0.363. The maximum atomic E-state index is 5.55. The van der Waals surface area contributed by atoms with Crippen molar-refractivity contribution in [2.24, 2.45) is 0 Å². The lowest BCUT2D eigenvalue weighted by Gasteiger charge is -2.21. The van der Waals surface area contributed by atoms with Gasteiger partial charge in [-0.1, -0.05) is 86.6 Å². The first kappa shape index (κ1) is 17.8. The Morgan fingerprint density at radius 3 is 2.07 bits per heavy atom. The molecule has 0 aliphatic heterocycles. The first-order valence-corrected chi connectivity index (χ1v) is 10.1. The summed E-state index contributed by atoms with van der Waals surface area (Å²) < 4.78 is 5.55. The minimum absolute atomic E-state index is 0.0289. The van der Waals surface area contributed by atoms with E-state index in [-0.39, 0.29) is 5.41 Å². The van der Waals surface area contributed by atoms with E-state index in [0.717, 1.165) is 5.75 Å². The molecule has 29 heavy (non-hydrogen) atoms. The Morgan fingerprint density at radius 2 is 1.28 bits per heavy atom. The molecule has 0 fully saturated rings. The van der Waals surface area contributed by atoms with Gasteiger partial charge in [-0.3, -0.25) is 0 Å². The van der Waals surface area contributed by atoms with Crippen LogP contribution in [0.2, 0.25) is 0 Å². The van der Waals surface area contributed by atoms with Gasteiger partial charge in [-0.05, 0) is 62.7 Å². The summed E-state index contributed by atoms with van der Waals surface area (Å²) in [6, 6.07) is 32.6. The summed E-state index contributed by atoms with van der Waals surface area (Å²) in [5.41, 5.74) is 10.4. The molecule has 0 N–H and O–H groups in total. The molecule has 0 aromatic heterocycles. The average Bonchev–Trinajstić information content (AvgIpc) is 3.01. The molecular formula is C28H24O. The van der Waals surface area contributed by atoms with Crippen molar-refractivity contribution in [1.82, 2.24) is 0 Å². The SMILES string of the molecule is COc1ccc(-c2ccccc2)c(-c2ccc3c(c2)-c2ccccc2C3(C)C)c1. The minimum atomic E-state index is 0.0289. The number of rotatable bonds is 3. The highest BCUT2D eigenvalue weighted by molar-refractivity contribution is 5.89. The van der Waals surface area contributed by atoms with E-state index in [4.69, 9.17) is 4.74 Å². The average molecular weight is 376 g/mol. The summed E-state index contributed by atoms with van der Waals surface area (Å²) in [6.45, 7) is 4.64. The first-order valence-electron chi connectivity index (χ1n) is 10.1. The Morgan fingerprint density at radius 1 is 0.552 bits per heavy atom. The maximum Gasteiger partial charge on any atom is 0.119 e. The second kappa shape index (κ2) is 6.63. The molecule has 0 spiro atoms. The van der Waals surface area contributed by atoms with E-state index in [1.807, 2.05) is 6.07 Å². The molecule has 0 saturated carbocycles. The molecule has 1 aliphatic rings. The minimum Gasteiger partial charge on any atom is -0.497 e. The molecule has 0 unspecified atom stereocenters. The molecule has 1 aliphatic carbocycles. The van der Waals surface area contributed by atoms with Crippen LogP contribution in [0.5, 0.6) is 5.75 Å². The predicted molar refractivity (Wildman–Crippen MR) is 121 cm³/mol. The molecule has 4 aromatic carbocycles. The maximum absolute atomic E-state index is 5.55. The summed E-state index contributed by atoms with van der Waals surface area (Å²) in [6.07, 6.45) is 0. The van der Waals surface area contributed by atoms with Gasteiger partial charge in [0.25, 0.3) is 0 Å². The fourth-order valence-electron chi connectivity index (χ4n) is 4.65. The van der Waals surface area contributed by atoms with E-state index in [1.165, 1.54) is 44.5 Å². The lowest BCUT2D eigenvalue weighted by molar-refractivity contribution is 0.415. The fourth-order valence-corrected chi connectivity index (χ4v) is 4.65. The Kier molecular flexibility index (Phi) is 4.06. The number of fused-ring (bicyclic) bond motifs is 3. The highest BCUT2D eigenvalue weighted by atomic mass is 16.5. The number of methoxy groups -OCH3 is 1. The van der Waals surface area contributed by atoms with Crippen LogP contribution in [0.25, 0.3) is 33.4 Å². The van der Waals surface area contributed by atoms with Gasteiger partial charge in [0, 0.05) is 5.41 Å². The molecule has 0 heterocycles. The van der Waals surface area contributed by atoms with E-state index < -0.39 is 0 Å². The van der Waals surface area contributed by atoms with Crippen LogP contribution in [0.4, 0.5) is 0 Å². The molecule has 0 amide bonds. The monoisotopic (exact) mass is 376 g/mol. The molecule has 0 saturated heterocycles. The van der Waals surface area contributed by atoms with Crippen LogP contribution in [0.1, 0.15) is 25.0 Å². The van der Waals surface area contributed by atoms with Crippen LogP contribution in [-0.2, 0) is 5.41 Å². The zero-order valence-electron chi connectivity index (χ0n) is 17.1. The predicted octanol–water partition coefficient (Wildman–Crippen LogP) is 7.34. The van der Waals surface area contributed by atoms with Gasteiger partial charge in [-0.15, -0.1) is 0 Å². The van der Waals surface area contributed by atoms with Gasteiger partial charge < -0.3 is 4.74 Å². The topological polar surface area (TPSA) is 9.23 Å². The lowest BCUT2D eigenvalue weighted by Crippen LogP contribution is -2.14. The Bertz CT molecular complexity index is 1200. The first-order chi connectivity index (χ1) is 14.1. The number of hydrogen-bond acceptors (Lipinski definition) is 1. The highest BCUT2D eigenvalue weighted by Crippen LogP contribution is 2.50. The second-order valence-corrected chi connectivity index (χ2v) is 8.21. The van der Waals surface area contributed by atoms with Crippen molar-refractivity contribution >= 4 is 0 Å². The van der Waals surface area contributed by atoms with E-state index in [1.54, 1.807) is 7.11 Å². The molecule has 0 radical (unpaired) electrons. The summed E-state index contributed by atoms with van der Waals surface area (Å²) in [5, 5.41) is 0. The largest absolute Gasteiger partial charge is 0.497 e. The summed E-state index contributed by atoms with van der Waals surface area (Å²) >= 11 is 0. The molecule has 1 nitrogen and oxygen atoms in total.